The van der Waals surface area contributed by atoms with Gasteiger partial charge in [0, 0.05) is 22.3 Å². The fourth-order valence-electron chi connectivity index (χ4n) is 1.87. The number of hydrogen-bond acceptors (Lipinski definition) is 2. The van der Waals surface area contributed by atoms with Gasteiger partial charge in [-0.15, -0.1) is 11.8 Å². The number of rotatable bonds is 5. The summed E-state index contributed by atoms with van der Waals surface area (Å²) in [6.45, 7) is 0. The van der Waals surface area contributed by atoms with Crippen LogP contribution in [0.25, 0.3) is 0 Å². The van der Waals surface area contributed by atoms with E-state index >= 15 is 0 Å². The summed E-state index contributed by atoms with van der Waals surface area (Å²) in [5.41, 5.74) is 0.0935. The molecule has 1 N–H and O–H groups in total. The second kappa shape index (κ2) is 7.20. The van der Waals surface area contributed by atoms with Crippen molar-refractivity contribution in [2.24, 2.45) is 0 Å². The first-order valence-corrected chi connectivity index (χ1v) is 7.59. The van der Waals surface area contributed by atoms with Crippen LogP contribution in [-0.2, 0) is 0 Å². The summed E-state index contributed by atoms with van der Waals surface area (Å²) < 4.78 is 40.1. The number of halogens is 4. The zero-order valence-electron chi connectivity index (χ0n) is 11.2. The van der Waals surface area contributed by atoms with E-state index in [1.165, 1.54) is 17.8 Å². The van der Waals surface area contributed by atoms with Gasteiger partial charge in [-0.05, 0) is 25.2 Å². The fraction of sp³-hybridized carbons (Fsp3) is 0.200. The summed E-state index contributed by atoms with van der Waals surface area (Å²) in [7, 11) is 1.64. The van der Waals surface area contributed by atoms with E-state index in [0.29, 0.717) is 10.8 Å². The second-order valence-electron chi connectivity index (χ2n) is 4.35. The number of thioether (sulfide) groups is 1. The van der Waals surface area contributed by atoms with Crippen molar-refractivity contribution in [1.29, 1.82) is 0 Å². The molecule has 0 bridgehead atoms. The summed E-state index contributed by atoms with van der Waals surface area (Å²) in [6.07, 6.45) is 0. The molecule has 1 atom stereocenters. The Morgan fingerprint density at radius 2 is 1.81 bits per heavy atom. The van der Waals surface area contributed by atoms with E-state index in [-0.39, 0.29) is 5.56 Å². The summed E-state index contributed by atoms with van der Waals surface area (Å²) in [4.78, 5) is 0.849. The highest BCUT2D eigenvalue weighted by Crippen LogP contribution is 2.31. The van der Waals surface area contributed by atoms with Gasteiger partial charge in [-0.2, -0.15) is 0 Å². The highest BCUT2D eigenvalue weighted by molar-refractivity contribution is 7.99. The SMILES string of the molecule is CNC(CSc1ccccc1Cl)c1ccc(F)c(F)c1F. The summed E-state index contributed by atoms with van der Waals surface area (Å²) in [5.74, 6) is -3.36. The van der Waals surface area contributed by atoms with Gasteiger partial charge in [-0.25, -0.2) is 13.2 Å². The predicted molar refractivity (Wildman–Crippen MR) is 80.3 cm³/mol. The molecule has 0 aromatic heterocycles. The fourth-order valence-corrected chi connectivity index (χ4v) is 3.25. The maximum absolute atomic E-state index is 13.8. The van der Waals surface area contributed by atoms with Crippen molar-refractivity contribution in [2.45, 2.75) is 10.9 Å². The molecule has 2 aromatic carbocycles. The highest BCUT2D eigenvalue weighted by Gasteiger charge is 2.20. The molecule has 0 saturated carbocycles. The molecule has 6 heteroatoms. The third kappa shape index (κ3) is 3.73. The minimum Gasteiger partial charge on any atom is -0.312 e. The summed E-state index contributed by atoms with van der Waals surface area (Å²) in [5, 5.41) is 3.50. The molecule has 0 saturated heterocycles. The van der Waals surface area contributed by atoms with Gasteiger partial charge in [-0.3, -0.25) is 0 Å². The number of nitrogens with one attached hydrogen (secondary N) is 1. The van der Waals surface area contributed by atoms with Gasteiger partial charge < -0.3 is 5.32 Å². The average Bonchev–Trinajstić information content (AvgIpc) is 2.49. The Labute approximate surface area is 130 Å². The van der Waals surface area contributed by atoms with Crippen molar-refractivity contribution >= 4 is 23.4 Å². The maximum Gasteiger partial charge on any atom is 0.194 e. The van der Waals surface area contributed by atoms with Crippen molar-refractivity contribution in [3.8, 4) is 0 Å². The molecule has 0 amide bonds. The molecule has 0 radical (unpaired) electrons. The lowest BCUT2D eigenvalue weighted by atomic mass is 10.1. The minimum atomic E-state index is -1.45. The van der Waals surface area contributed by atoms with Gasteiger partial charge in [0.15, 0.2) is 17.5 Å². The van der Waals surface area contributed by atoms with Gasteiger partial charge >= 0.3 is 0 Å². The lowest BCUT2D eigenvalue weighted by molar-refractivity contribution is 0.433. The molecule has 0 heterocycles. The zero-order chi connectivity index (χ0) is 15.4. The van der Waals surface area contributed by atoms with Gasteiger partial charge in [0.1, 0.15) is 0 Å². The van der Waals surface area contributed by atoms with Crippen LogP contribution in [0.4, 0.5) is 13.2 Å². The van der Waals surface area contributed by atoms with E-state index in [0.717, 1.165) is 11.0 Å². The lowest BCUT2D eigenvalue weighted by Gasteiger charge is -2.17. The molecule has 0 spiro atoms. The average molecular weight is 332 g/mol. The Bertz CT molecular complexity index is 636. The molecular formula is C15H13ClF3NS. The zero-order valence-corrected chi connectivity index (χ0v) is 12.7. The van der Waals surface area contributed by atoms with Crippen LogP contribution in [0.15, 0.2) is 41.3 Å². The van der Waals surface area contributed by atoms with E-state index in [9.17, 15) is 13.2 Å². The van der Waals surface area contributed by atoms with E-state index < -0.39 is 23.5 Å². The second-order valence-corrected chi connectivity index (χ2v) is 5.82. The Morgan fingerprint density at radius 1 is 1.10 bits per heavy atom. The third-order valence-corrected chi connectivity index (χ3v) is 4.64. The van der Waals surface area contributed by atoms with Crippen LogP contribution in [0, 0.1) is 17.5 Å². The highest BCUT2D eigenvalue weighted by atomic mass is 35.5. The molecule has 0 aliphatic carbocycles. The first kappa shape index (κ1) is 16.2. The van der Waals surface area contributed by atoms with Crippen molar-refractivity contribution < 1.29 is 13.2 Å². The monoisotopic (exact) mass is 331 g/mol. The standard InChI is InChI=1S/C15H13ClF3NS/c1-20-12(8-21-13-5-3-2-4-10(13)16)9-6-7-11(17)15(19)14(9)18/h2-7,12,20H,8H2,1H3. The third-order valence-electron chi connectivity index (χ3n) is 3.03. The molecule has 0 aliphatic rings. The topological polar surface area (TPSA) is 12.0 Å². The van der Waals surface area contributed by atoms with Gasteiger partial charge in [-0.1, -0.05) is 29.8 Å². The Kier molecular flexibility index (Phi) is 5.56. The molecule has 0 fully saturated rings. The van der Waals surface area contributed by atoms with E-state index in [2.05, 4.69) is 5.32 Å². The van der Waals surface area contributed by atoms with Crippen molar-refractivity contribution in [1.82, 2.24) is 5.32 Å². The molecule has 2 rings (SSSR count). The largest absolute Gasteiger partial charge is 0.312 e. The van der Waals surface area contributed by atoms with Crippen LogP contribution in [0.2, 0.25) is 5.02 Å². The molecular weight excluding hydrogens is 319 g/mol. The maximum atomic E-state index is 13.8. The van der Waals surface area contributed by atoms with Crippen molar-refractivity contribution in [3.05, 3.63) is 64.4 Å². The lowest BCUT2D eigenvalue weighted by Crippen LogP contribution is -2.20. The van der Waals surface area contributed by atoms with Gasteiger partial charge in [0.2, 0.25) is 0 Å². The Morgan fingerprint density at radius 3 is 2.48 bits per heavy atom. The normalized spacial score (nSPS) is 12.4. The molecule has 2 aromatic rings. The summed E-state index contributed by atoms with van der Waals surface area (Å²) in [6, 6.07) is 9.00. The van der Waals surface area contributed by atoms with Crippen LogP contribution in [0.1, 0.15) is 11.6 Å². The van der Waals surface area contributed by atoms with E-state index in [1.54, 1.807) is 13.1 Å². The number of hydrogen-bond donors (Lipinski definition) is 1. The van der Waals surface area contributed by atoms with Crippen molar-refractivity contribution in [3.63, 3.8) is 0 Å². The quantitative estimate of drug-likeness (QED) is 0.623. The van der Waals surface area contributed by atoms with Crippen LogP contribution in [0.5, 0.6) is 0 Å². The van der Waals surface area contributed by atoms with E-state index in [4.69, 9.17) is 11.6 Å². The van der Waals surface area contributed by atoms with Crippen LogP contribution in [0.3, 0.4) is 0 Å². The minimum absolute atomic E-state index is 0.0935. The van der Waals surface area contributed by atoms with Gasteiger partial charge in [0.05, 0.1) is 5.02 Å². The van der Waals surface area contributed by atoms with E-state index in [1.807, 2.05) is 18.2 Å². The Hall–Kier alpha value is -1.17. The molecule has 21 heavy (non-hydrogen) atoms. The summed E-state index contributed by atoms with van der Waals surface area (Å²) >= 11 is 7.47. The van der Waals surface area contributed by atoms with Crippen LogP contribution in [-0.4, -0.2) is 12.8 Å². The number of benzene rings is 2. The molecule has 1 nitrogen and oxygen atoms in total. The molecule has 0 aliphatic heterocycles. The van der Waals surface area contributed by atoms with Gasteiger partial charge in [0.25, 0.3) is 0 Å². The first-order chi connectivity index (χ1) is 10.0. The first-order valence-electron chi connectivity index (χ1n) is 6.22. The molecule has 112 valence electrons. The smallest absolute Gasteiger partial charge is 0.194 e. The van der Waals surface area contributed by atoms with Crippen LogP contribution < -0.4 is 5.32 Å². The Balaban J connectivity index is 2.18. The predicted octanol–water partition coefficient (Wildman–Crippen LogP) is 4.81. The molecule has 1 unspecified atom stereocenters. The van der Waals surface area contributed by atoms with Crippen LogP contribution >= 0.6 is 23.4 Å². The van der Waals surface area contributed by atoms with Crippen molar-refractivity contribution in [2.75, 3.05) is 12.8 Å².